The second-order valence-electron chi connectivity index (χ2n) is 7.76. The minimum Gasteiger partial charge on any atom is -0.356 e. The SMILES string of the molecule is CCC(CC)NC1CCN(c2nc3ccccc3cc2C(=O)NC(C)N)CC1. The van der Waals surface area contributed by atoms with E-state index in [9.17, 15) is 4.79 Å². The van der Waals surface area contributed by atoms with Gasteiger partial charge in [-0.15, -0.1) is 0 Å². The van der Waals surface area contributed by atoms with Crippen molar-refractivity contribution < 1.29 is 4.79 Å². The van der Waals surface area contributed by atoms with Crippen LogP contribution < -0.4 is 21.3 Å². The van der Waals surface area contributed by atoms with Crippen molar-refractivity contribution in [3.63, 3.8) is 0 Å². The number of nitrogens with one attached hydrogen (secondary N) is 2. The smallest absolute Gasteiger partial charge is 0.256 e. The van der Waals surface area contributed by atoms with Gasteiger partial charge in [0.2, 0.25) is 0 Å². The minimum atomic E-state index is -0.401. The molecular formula is C22H33N5O. The second-order valence-corrected chi connectivity index (χ2v) is 7.76. The molecule has 1 atom stereocenters. The molecule has 6 nitrogen and oxygen atoms in total. The van der Waals surface area contributed by atoms with Gasteiger partial charge in [-0.1, -0.05) is 32.0 Å². The van der Waals surface area contributed by atoms with Crippen molar-refractivity contribution in [3.05, 3.63) is 35.9 Å². The highest BCUT2D eigenvalue weighted by Gasteiger charge is 2.25. The van der Waals surface area contributed by atoms with Crippen LogP contribution in [0.15, 0.2) is 30.3 Å². The molecule has 0 saturated carbocycles. The summed E-state index contributed by atoms with van der Waals surface area (Å²) in [6.07, 6.45) is 4.02. The number of aromatic nitrogens is 1. The van der Waals surface area contributed by atoms with Gasteiger partial charge in [-0.2, -0.15) is 0 Å². The van der Waals surface area contributed by atoms with Crippen LogP contribution in [0.1, 0.15) is 56.8 Å². The first kappa shape index (κ1) is 20.6. The van der Waals surface area contributed by atoms with Crippen LogP contribution in [0.25, 0.3) is 10.9 Å². The van der Waals surface area contributed by atoms with Gasteiger partial charge in [0.1, 0.15) is 5.82 Å². The molecule has 1 aliphatic rings. The van der Waals surface area contributed by atoms with Gasteiger partial charge in [0.15, 0.2) is 0 Å². The third-order valence-electron chi connectivity index (χ3n) is 5.56. The third kappa shape index (κ3) is 4.80. The molecule has 3 rings (SSSR count). The summed E-state index contributed by atoms with van der Waals surface area (Å²) in [5.41, 5.74) is 7.30. The molecule has 1 aliphatic heterocycles. The fourth-order valence-corrected chi connectivity index (χ4v) is 3.91. The Morgan fingerprint density at radius 1 is 1.25 bits per heavy atom. The van der Waals surface area contributed by atoms with E-state index in [1.807, 2.05) is 30.3 Å². The number of amides is 1. The van der Waals surface area contributed by atoms with Crippen LogP contribution in [0.3, 0.4) is 0 Å². The zero-order valence-corrected chi connectivity index (χ0v) is 17.2. The van der Waals surface area contributed by atoms with Gasteiger partial charge in [0, 0.05) is 30.6 Å². The minimum absolute atomic E-state index is 0.166. The summed E-state index contributed by atoms with van der Waals surface area (Å²) in [6, 6.07) is 11.0. The molecule has 1 aromatic heterocycles. The molecule has 2 heterocycles. The number of rotatable bonds is 7. The van der Waals surface area contributed by atoms with E-state index in [-0.39, 0.29) is 5.91 Å². The first-order valence-electron chi connectivity index (χ1n) is 10.5. The van der Waals surface area contributed by atoms with Crippen LogP contribution >= 0.6 is 0 Å². The number of hydrogen-bond donors (Lipinski definition) is 3. The fourth-order valence-electron chi connectivity index (χ4n) is 3.91. The molecule has 6 heteroatoms. The zero-order valence-electron chi connectivity index (χ0n) is 17.2. The maximum atomic E-state index is 12.8. The van der Waals surface area contributed by atoms with E-state index < -0.39 is 6.17 Å². The lowest BCUT2D eigenvalue weighted by atomic mass is 10.0. The van der Waals surface area contributed by atoms with Crippen molar-refractivity contribution >= 4 is 22.6 Å². The quantitative estimate of drug-likeness (QED) is 0.640. The highest BCUT2D eigenvalue weighted by molar-refractivity contribution is 6.02. The van der Waals surface area contributed by atoms with Gasteiger partial charge in [0.25, 0.3) is 5.91 Å². The number of carbonyl (C=O) groups excluding carboxylic acids is 1. The molecule has 1 aromatic carbocycles. The van der Waals surface area contributed by atoms with Gasteiger partial charge in [-0.3, -0.25) is 4.79 Å². The average Bonchev–Trinajstić information content (AvgIpc) is 2.71. The highest BCUT2D eigenvalue weighted by Crippen LogP contribution is 2.26. The molecule has 28 heavy (non-hydrogen) atoms. The molecule has 0 aliphatic carbocycles. The molecule has 1 unspecified atom stereocenters. The number of carbonyl (C=O) groups is 1. The topological polar surface area (TPSA) is 83.3 Å². The molecule has 1 saturated heterocycles. The number of pyridine rings is 1. The summed E-state index contributed by atoms with van der Waals surface area (Å²) in [6.45, 7) is 8.02. The van der Waals surface area contributed by atoms with Gasteiger partial charge in [-0.05, 0) is 44.7 Å². The number of hydrogen-bond acceptors (Lipinski definition) is 5. The summed E-state index contributed by atoms with van der Waals surface area (Å²) in [4.78, 5) is 19.9. The summed E-state index contributed by atoms with van der Waals surface area (Å²) < 4.78 is 0. The lowest BCUT2D eigenvalue weighted by Gasteiger charge is -2.35. The van der Waals surface area contributed by atoms with Crippen LogP contribution in [0.4, 0.5) is 5.82 Å². The highest BCUT2D eigenvalue weighted by atomic mass is 16.1. The predicted molar refractivity (Wildman–Crippen MR) is 116 cm³/mol. The van der Waals surface area contributed by atoms with Crippen molar-refractivity contribution in [2.75, 3.05) is 18.0 Å². The van der Waals surface area contributed by atoms with E-state index in [4.69, 9.17) is 10.7 Å². The van der Waals surface area contributed by atoms with E-state index in [1.165, 1.54) is 0 Å². The van der Waals surface area contributed by atoms with Crippen LogP contribution in [0.2, 0.25) is 0 Å². The average molecular weight is 384 g/mol. The first-order valence-corrected chi connectivity index (χ1v) is 10.5. The van der Waals surface area contributed by atoms with E-state index in [1.54, 1.807) is 6.92 Å². The maximum absolute atomic E-state index is 12.8. The Balaban J connectivity index is 1.82. The summed E-state index contributed by atoms with van der Waals surface area (Å²) in [5.74, 6) is 0.596. The summed E-state index contributed by atoms with van der Waals surface area (Å²) in [7, 11) is 0. The number of benzene rings is 1. The maximum Gasteiger partial charge on any atom is 0.256 e. The Morgan fingerprint density at radius 2 is 1.93 bits per heavy atom. The van der Waals surface area contributed by atoms with Crippen LogP contribution in [-0.4, -0.2) is 42.2 Å². The number of fused-ring (bicyclic) bond motifs is 1. The monoisotopic (exact) mass is 383 g/mol. The standard InChI is InChI=1S/C22H33N5O/c1-4-17(5-2)25-18-10-12-27(13-11-18)21-19(22(28)24-15(3)23)14-16-8-6-7-9-20(16)26-21/h6-9,14-15,17-18,25H,4-5,10-13,23H2,1-3H3,(H,24,28). The van der Waals surface area contributed by atoms with E-state index >= 15 is 0 Å². The summed E-state index contributed by atoms with van der Waals surface area (Å²) >= 11 is 0. The van der Waals surface area contributed by atoms with Gasteiger partial charge < -0.3 is 21.3 Å². The first-order chi connectivity index (χ1) is 13.5. The normalized spacial score (nSPS) is 16.5. The van der Waals surface area contributed by atoms with E-state index in [0.717, 1.165) is 55.5 Å². The molecule has 4 N–H and O–H groups in total. The molecule has 0 radical (unpaired) electrons. The summed E-state index contributed by atoms with van der Waals surface area (Å²) in [5, 5.41) is 7.55. The van der Waals surface area contributed by atoms with Crippen LogP contribution in [0.5, 0.6) is 0 Å². The second kappa shape index (κ2) is 9.34. The van der Waals surface area contributed by atoms with Crippen LogP contribution in [-0.2, 0) is 0 Å². The van der Waals surface area contributed by atoms with Crippen molar-refractivity contribution in [2.45, 2.75) is 64.7 Å². The molecule has 0 spiro atoms. The van der Waals surface area contributed by atoms with E-state index in [2.05, 4.69) is 29.4 Å². The van der Waals surface area contributed by atoms with Gasteiger partial charge in [-0.25, -0.2) is 4.98 Å². The molecule has 1 amide bonds. The molecule has 152 valence electrons. The van der Waals surface area contributed by atoms with Crippen molar-refractivity contribution in [1.29, 1.82) is 0 Å². The number of nitrogens with zero attached hydrogens (tertiary/aromatic N) is 2. The molecule has 2 aromatic rings. The predicted octanol–water partition coefficient (Wildman–Crippen LogP) is 3.02. The number of anilines is 1. The Labute approximate surface area is 167 Å². The van der Waals surface area contributed by atoms with Gasteiger partial charge in [0.05, 0.1) is 17.2 Å². The zero-order chi connectivity index (χ0) is 20.1. The molecule has 0 bridgehead atoms. The van der Waals surface area contributed by atoms with Crippen molar-refractivity contribution in [2.24, 2.45) is 5.73 Å². The number of piperidine rings is 1. The Kier molecular flexibility index (Phi) is 6.86. The van der Waals surface area contributed by atoms with Gasteiger partial charge >= 0.3 is 0 Å². The Bertz CT molecular complexity index is 795. The number of para-hydroxylation sites is 1. The van der Waals surface area contributed by atoms with Crippen molar-refractivity contribution in [3.8, 4) is 0 Å². The van der Waals surface area contributed by atoms with Crippen LogP contribution in [0, 0.1) is 0 Å². The number of nitrogens with two attached hydrogens (primary N) is 1. The van der Waals surface area contributed by atoms with E-state index in [0.29, 0.717) is 17.6 Å². The Morgan fingerprint density at radius 3 is 2.57 bits per heavy atom. The Hall–Kier alpha value is -2.18. The largest absolute Gasteiger partial charge is 0.356 e. The third-order valence-corrected chi connectivity index (χ3v) is 5.56. The lowest BCUT2D eigenvalue weighted by Crippen LogP contribution is -2.47. The lowest BCUT2D eigenvalue weighted by molar-refractivity contribution is 0.0941. The van der Waals surface area contributed by atoms with Crippen molar-refractivity contribution in [1.82, 2.24) is 15.6 Å². The molecular weight excluding hydrogens is 350 g/mol. The fraction of sp³-hybridized carbons (Fsp3) is 0.545. The molecule has 1 fully saturated rings.